The number of esters is 1. The third-order valence-corrected chi connectivity index (χ3v) is 10.3. The van der Waals surface area contributed by atoms with Crippen LogP contribution in [-0.4, -0.2) is 60.1 Å². The highest BCUT2D eigenvalue weighted by Crippen LogP contribution is 2.40. The number of carbonyl (C=O) groups is 3. The Hall–Kier alpha value is -4.69. The first-order valence-corrected chi connectivity index (χ1v) is 16.1. The number of amides is 2. The molecular weight excluding hydrogens is 610 g/mol. The summed E-state index contributed by atoms with van der Waals surface area (Å²) in [6.45, 7) is 6.40. The fourth-order valence-corrected chi connectivity index (χ4v) is 7.78. The molecule has 4 rings (SSSR count). The predicted molar refractivity (Wildman–Crippen MR) is 162 cm³/mol. The Morgan fingerprint density at radius 3 is 2.30 bits per heavy atom. The number of non-ortho nitro benzene ring substituents is 1. The number of nitro groups is 1. The number of aryl methyl sites for hydroxylation is 1. The predicted octanol–water partition coefficient (Wildman–Crippen LogP) is 3.75. The van der Waals surface area contributed by atoms with Crippen LogP contribution in [0.4, 0.5) is 5.69 Å². The van der Waals surface area contributed by atoms with Gasteiger partial charge in [0.05, 0.1) is 9.82 Å². The first-order valence-electron chi connectivity index (χ1n) is 13.2. The first kappa shape index (κ1) is 32.2. The minimum Gasteiger partial charge on any atom is -0.484 e. The van der Waals surface area contributed by atoms with Gasteiger partial charge in [0.25, 0.3) is 11.6 Å². The minimum atomic E-state index is -4.07. The van der Waals surface area contributed by atoms with E-state index in [4.69, 9.17) is 9.47 Å². The van der Waals surface area contributed by atoms with Crippen LogP contribution in [0.5, 0.6) is 5.75 Å². The fraction of sp³-hybridized carbons (Fsp3) is 0.233. The largest absolute Gasteiger partial charge is 0.484 e. The Morgan fingerprint density at radius 2 is 1.70 bits per heavy atom. The van der Waals surface area contributed by atoms with Gasteiger partial charge in [-0.15, -0.1) is 0 Å². The van der Waals surface area contributed by atoms with Crippen molar-refractivity contribution in [3.8, 4) is 5.75 Å². The summed E-state index contributed by atoms with van der Waals surface area (Å²) < 4.78 is 37.6. The Balaban J connectivity index is 1.54. The van der Waals surface area contributed by atoms with Crippen molar-refractivity contribution in [1.82, 2.24) is 10.2 Å². The molecule has 1 aliphatic heterocycles. The van der Waals surface area contributed by atoms with Crippen LogP contribution in [-0.2, 0) is 34.6 Å². The van der Waals surface area contributed by atoms with Gasteiger partial charge in [0.2, 0.25) is 14.8 Å². The lowest BCUT2D eigenvalue weighted by Crippen LogP contribution is -2.73. The van der Waals surface area contributed by atoms with Crippen molar-refractivity contribution in [1.29, 1.82) is 0 Å². The standard InChI is InChI=1S/C30H29N3O9S2/c1-19(2)27(30(36)42-17-21-11-13-22(14-12-21)33(37)38)32-28(35)26(31-25(34)18-41-23-7-5-4-6-8-23)29(32)43-44(39,40)24-15-9-20(3)10-16-24/h4-16,26-27,29H,1,17-18H2,2-3H3,(H,31,34). The SMILES string of the molecule is C=C(C)C(C(=O)OCc1ccc([N+](=O)[O-])cc1)N1C(=O)C(NC(=O)COc2ccccc2)C1SS(=O)(=O)c1ccc(C)cc1. The molecule has 14 heteroatoms. The third-order valence-electron chi connectivity index (χ3n) is 6.54. The third kappa shape index (κ3) is 7.63. The number of hydrogen-bond acceptors (Lipinski definition) is 10. The van der Waals surface area contributed by atoms with Gasteiger partial charge in [-0.3, -0.25) is 19.7 Å². The molecule has 3 aromatic rings. The number of para-hydroxylation sites is 1. The highest BCUT2D eigenvalue weighted by molar-refractivity contribution is 8.72. The van der Waals surface area contributed by atoms with E-state index in [0.29, 0.717) is 22.1 Å². The molecule has 1 saturated heterocycles. The lowest BCUT2D eigenvalue weighted by Gasteiger charge is -2.49. The molecule has 0 saturated carbocycles. The van der Waals surface area contributed by atoms with E-state index in [0.717, 1.165) is 10.5 Å². The van der Waals surface area contributed by atoms with Crippen molar-refractivity contribution in [2.45, 2.75) is 42.8 Å². The van der Waals surface area contributed by atoms with Gasteiger partial charge in [-0.1, -0.05) is 42.5 Å². The van der Waals surface area contributed by atoms with Gasteiger partial charge in [-0.05, 0) is 61.4 Å². The monoisotopic (exact) mass is 639 g/mol. The lowest BCUT2D eigenvalue weighted by atomic mass is 9.99. The molecule has 230 valence electrons. The molecule has 3 aromatic carbocycles. The van der Waals surface area contributed by atoms with Crippen LogP contribution in [0.2, 0.25) is 0 Å². The van der Waals surface area contributed by atoms with Crippen molar-refractivity contribution in [3.05, 3.63) is 112 Å². The van der Waals surface area contributed by atoms with E-state index in [1.807, 2.05) is 0 Å². The summed E-state index contributed by atoms with van der Waals surface area (Å²) in [5, 5.41) is 12.2. The lowest BCUT2D eigenvalue weighted by molar-refractivity contribution is -0.384. The molecule has 12 nitrogen and oxygen atoms in total. The quantitative estimate of drug-likeness (QED) is 0.0728. The fourth-order valence-electron chi connectivity index (χ4n) is 4.27. The number of nitro benzene ring substituents is 1. The van der Waals surface area contributed by atoms with Crippen LogP contribution >= 0.6 is 10.8 Å². The van der Waals surface area contributed by atoms with Crippen LogP contribution in [0.3, 0.4) is 0 Å². The molecule has 3 atom stereocenters. The summed E-state index contributed by atoms with van der Waals surface area (Å²) in [7, 11) is -3.65. The van der Waals surface area contributed by atoms with E-state index in [-0.39, 0.29) is 22.8 Å². The number of rotatable bonds is 13. The number of ether oxygens (including phenoxy) is 2. The number of likely N-dealkylation sites (tertiary alicyclic amines) is 1. The van der Waals surface area contributed by atoms with Crippen LogP contribution < -0.4 is 10.1 Å². The van der Waals surface area contributed by atoms with Crippen LogP contribution in [0, 0.1) is 17.0 Å². The van der Waals surface area contributed by atoms with Crippen molar-refractivity contribution in [2.75, 3.05) is 6.61 Å². The summed E-state index contributed by atoms with van der Waals surface area (Å²) in [4.78, 5) is 50.8. The molecule has 1 N–H and O–H groups in total. The second kappa shape index (κ2) is 13.7. The first-order chi connectivity index (χ1) is 20.9. The maximum Gasteiger partial charge on any atom is 0.333 e. The summed E-state index contributed by atoms with van der Waals surface area (Å²) >= 11 is 0. The highest BCUT2D eigenvalue weighted by atomic mass is 33.1. The molecule has 0 aliphatic carbocycles. The van der Waals surface area contributed by atoms with Gasteiger partial charge in [0.1, 0.15) is 23.8 Å². The Labute approximate surface area is 257 Å². The summed E-state index contributed by atoms with van der Waals surface area (Å²) in [5.74, 6) is -1.84. The average Bonchev–Trinajstić information content (AvgIpc) is 3.00. The zero-order chi connectivity index (χ0) is 32.0. The minimum absolute atomic E-state index is 0.0162. The van der Waals surface area contributed by atoms with Gasteiger partial charge in [0, 0.05) is 22.9 Å². The molecule has 1 heterocycles. The van der Waals surface area contributed by atoms with Gasteiger partial charge < -0.3 is 19.7 Å². The maximum absolute atomic E-state index is 13.4. The maximum atomic E-state index is 13.4. The van der Waals surface area contributed by atoms with E-state index in [1.54, 1.807) is 49.4 Å². The van der Waals surface area contributed by atoms with Gasteiger partial charge in [-0.2, -0.15) is 0 Å². The summed E-state index contributed by atoms with van der Waals surface area (Å²) in [5.41, 5.74) is 1.36. The van der Waals surface area contributed by atoms with Crippen LogP contribution in [0.1, 0.15) is 18.1 Å². The van der Waals surface area contributed by atoms with Crippen LogP contribution in [0.25, 0.3) is 0 Å². The Morgan fingerprint density at radius 1 is 1.07 bits per heavy atom. The van der Waals surface area contributed by atoms with Gasteiger partial charge in [-0.25, -0.2) is 13.2 Å². The molecule has 3 unspecified atom stereocenters. The molecule has 44 heavy (non-hydrogen) atoms. The van der Waals surface area contributed by atoms with Gasteiger partial charge >= 0.3 is 5.97 Å². The summed E-state index contributed by atoms with van der Waals surface area (Å²) in [6, 6.07) is 17.3. The average molecular weight is 640 g/mol. The van der Waals surface area contributed by atoms with Crippen molar-refractivity contribution in [3.63, 3.8) is 0 Å². The molecular formula is C30H29N3O9S2. The smallest absolute Gasteiger partial charge is 0.333 e. The molecule has 0 bridgehead atoms. The number of nitrogens with zero attached hydrogens (tertiary/aromatic N) is 2. The second-order valence-corrected chi connectivity index (χ2v) is 13.9. The van der Waals surface area contributed by atoms with E-state index in [2.05, 4.69) is 11.9 Å². The number of benzene rings is 3. The number of hydrogen-bond donors (Lipinski definition) is 1. The molecule has 0 aromatic heterocycles. The van der Waals surface area contributed by atoms with Crippen molar-refractivity contribution >= 4 is 43.1 Å². The number of carbonyl (C=O) groups excluding carboxylic acids is 3. The van der Waals surface area contributed by atoms with Gasteiger partial charge in [0.15, 0.2) is 12.6 Å². The van der Waals surface area contributed by atoms with Crippen molar-refractivity contribution in [2.24, 2.45) is 0 Å². The molecule has 2 amide bonds. The Kier molecular flexibility index (Phi) is 10.1. The second-order valence-electron chi connectivity index (χ2n) is 9.93. The summed E-state index contributed by atoms with van der Waals surface area (Å²) in [6.07, 6.45) is 0. The Bertz CT molecular complexity index is 1660. The highest BCUT2D eigenvalue weighted by Gasteiger charge is 2.55. The van der Waals surface area contributed by atoms with E-state index in [1.165, 1.54) is 43.3 Å². The van der Waals surface area contributed by atoms with E-state index in [9.17, 15) is 32.9 Å². The zero-order valence-electron chi connectivity index (χ0n) is 23.7. The molecule has 0 radical (unpaired) electrons. The van der Waals surface area contributed by atoms with E-state index < -0.39 is 55.6 Å². The normalized spacial score (nSPS) is 16.8. The van der Waals surface area contributed by atoms with Crippen molar-refractivity contribution < 1.29 is 37.2 Å². The molecule has 1 aliphatic rings. The van der Waals surface area contributed by atoms with E-state index >= 15 is 0 Å². The van der Waals surface area contributed by atoms with Crippen LogP contribution in [0.15, 0.2) is 95.9 Å². The number of nitrogens with one attached hydrogen (secondary N) is 1. The number of β-lactam (4-membered cyclic amide) rings is 1. The molecule has 0 spiro atoms. The topological polar surface area (TPSA) is 162 Å². The zero-order valence-corrected chi connectivity index (χ0v) is 25.4. The molecule has 1 fully saturated rings.